The smallest absolute Gasteiger partial charge is 0.339 e. The van der Waals surface area contributed by atoms with Crippen molar-refractivity contribution in [1.82, 2.24) is 5.32 Å². The van der Waals surface area contributed by atoms with Crippen molar-refractivity contribution in [3.05, 3.63) is 15.8 Å². The Morgan fingerprint density at radius 1 is 1.41 bits per heavy atom. The molecule has 9 nitrogen and oxygen atoms in total. The normalized spacial score (nSPS) is 12.1. The van der Waals surface area contributed by atoms with Gasteiger partial charge in [0.15, 0.2) is 0 Å². The van der Waals surface area contributed by atoms with Gasteiger partial charge in [-0.25, -0.2) is 0 Å². The Morgan fingerprint density at radius 2 is 2.00 bits per heavy atom. The first-order chi connectivity index (χ1) is 12.4. The molecule has 0 aliphatic heterocycles. The second-order valence-electron chi connectivity index (χ2n) is 5.67. The summed E-state index contributed by atoms with van der Waals surface area (Å²) in [6.45, 7) is 6.04. The quantitative estimate of drug-likeness (QED) is 0.334. The van der Waals surface area contributed by atoms with Gasteiger partial charge in [-0.3, -0.25) is 19.5 Å². The molecule has 1 amide bonds. The number of carboxylic acids is 1. The number of ether oxygens (including phenoxy) is 1. The van der Waals surface area contributed by atoms with Crippen molar-refractivity contribution >= 4 is 48.1 Å². The number of carbonyl (C=O) groups excluding carboxylic acids is 1. The number of carboxylic acid groups (broad SMARTS) is 1. The number of alkyl halides is 1. The topological polar surface area (TPSA) is 136 Å². The van der Waals surface area contributed by atoms with Crippen molar-refractivity contribution in [3.8, 4) is 0 Å². The lowest BCUT2D eigenvalue weighted by Crippen LogP contribution is -2.42. The van der Waals surface area contributed by atoms with Crippen molar-refractivity contribution in [2.75, 3.05) is 37.3 Å². The lowest BCUT2D eigenvalue weighted by molar-refractivity contribution is -0.135. The van der Waals surface area contributed by atoms with E-state index >= 15 is 0 Å². The Morgan fingerprint density at radius 3 is 2.37 bits per heavy atom. The highest BCUT2D eigenvalue weighted by Crippen LogP contribution is 2.32. The molecule has 0 saturated heterocycles. The van der Waals surface area contributed by atoms with Crippen LogP contribution in [0.3, 0.4) is 0 Å². The molecule has 1 heterocycles. The van der Waals surface area contributed by atoms with Crippen LogP contribution >= 0.6 is 30.5 Å². The molecule has 1 aromatic heterocycles. The summed E-state index contributed by atoms with van der Waals surface area (Å²) in [6.07, 6.45) is -0.598. The Labute approximate surface area is 167 Å². The molecule has 1 atom stereocenters. The van der Waals surface area contributed by atoms with Crippen LogP contribution in [0.15, 0.2) is 5.38 Å². The predicted octanol–water partition coefficient (Wildman–Crippen LogP) is 1.77. The minimum atomic E-state index is -4.10. The van der Waals surface area contributed by atoms with Gasteiger partial charge in [0, 0.05) is 12.0 Å². The highest BCUT2D eigenvalue weighted by Gasteiger charge is 2.25. The van der Waals surface area contributed by atoms with Gasteiger partial charge in [0.1, 0.15) is 5.88 Å². The number of aliphatic carboxylic acids is 1. The molecular weight excluding hydrogens is 419 g/mol. The van der Waals surface area contributed by atoms with Gasteiger partial charge in [-0.15, -0.1) is 22.9 Å². The van der Waals surface area contributed by atoms with Crippen LogP contribution in [-0.4, -0.2) is 65.2 Å². The molecule has 0 radical (unpaired) electrons. The minimum absolute atomic E-state index is 0.0111. The lowest BCUT2D eigenvalue weighted by atomic mass is 10.2. The van der Waals surface area contributed by atoms with Crippen LogP contribution in [0.5, 0.6) is 0 Å². The molecule has 27 heavy (non-hydrogen) atoms. The second kappa shape index (κ2) is 12.5. The maximum absolute atomic E-state index is 12.0. The number of thiophene rings is 1. The van der Waals surface area contributed by atoms with Gasteiger partial charge in [0.05, 0.1) is 31.2 Å². The average molecular weight is 445 g/mol. The molecule has 12 heteroatoms. The van der Waals surface area contributed by atoms with Gasteiger partial charge in [-0.2, -0.15) is 0 Å². The van der Waals surface area contributed by atoms with Crippen molar-refractivity contribution in [2.24, 2.45) is 0 Å². The van der Waals surface area contributed by atoms with E-state index in [4.69, 9.17) is 31.2 Å². The van der Waals surface area contributed by atoms with Crippen LogP contribution in [0.4, 0.5) is 5.69 Å². The van der Waals surface area contributed by atoms with Crippen LogP contribution < -0.4 is 10.2 Å². The molecule has 0 spiro atoms. The summed E-state index contributed by atoms with van der Waals surface area (Å²) in [5, 5.41) is 12.1. The molecular formula is C15H26ClN2O7PS. The van der Waals surface area contributed by atoms with E-state index in [0.717, 1.165) is 16.1 Å². The van der Waals surface area contributed by atoms with Crippen LogP contribution in [0.25, 0.3) is 0 Å². The van der Waals surface area contributed by atoms with Gasteiger partial charge in [-0.05, 0) is 31.7 Å². The maximum atomic E-state index is 12.0. The van der Waals surface area contributed by atoms with E-state index in [2.05, 4.69) is 10.7 Å². The monoisotopic (exact) mass is 444 g/mol. The molecule has 0 bridgehead atoms. The summed E-state index contributed by atoms with van der Waals surface area (Å²) in [5.74, 6) is -1.24. The highest BCUT2D eigenvalue weighted by atomic mass is 35.5. The van der Waals surface area contributed by atoms with E-state index in [9.17, 15) is 14.2 Å². The summed E-state index contributed by atoms with van der Waals surface area (Å²) in [6, 6.07) is -0.0155. The van der Waals surface area contributed by atoms with Crippen molar-refractivity contribution < 1.29 is 33.8 Å². The summed E-state index contributed by atoms with van der Waals surface area (Å²) < 4.78 is 15.2. The van der Waals surface area contributed by atoms with Crippen LogP contribution in [0.2, 0.25) is 0 Å². The molecule has 0 fully saturated rings. The third-order valence-corrected chi connectivity index (χ3v) is 5.07. The second-order valence-corrected chi connectivity index (χ2v) is 8.67. The van der Waals surface area contributed by atoms with E-state index in [1.165, 1.54) is 0 Å². The first kappa shape index (κ1) is 26.0. The van der Waals surface area contributed by atoms with Crippen molar-refractivity contribution in [2.45, 2.75) is 26.8 Å². The lowest BCUT2D eigenvalue weighted by Gasteiger charge is -2.29. The van der Waals surface area contributed by atoms with Crippen LogP contribution in [0.1, 0.15) is 17.4 Å². The van der Waals surface area contributed by atoms with E-state index in [0.29, 0.717) is 6.61 Å². The highest BCUT2D eigenvalue weighted by molar-refractivity contribution is 7.51. The predicted molar refractivity (Wildman–Crippen MR) is 106 cm³/mol. The third kappa shape index (κ3) is 10.2. The number of methoxy groups -OCH3 is 1. The molecule has 0 aromatic carbocycles. The Hall–Kier alpha value is -1.00. The molecule has 0 aliphatic rings. The SMILES string of the molecule is COC[C@H](C)N(C(=O)CCl)c1c(C)csc1C.O=C(O)CNCP(=O)(O)O. The summed E-state index contributed by atoms with van der Waals surface area (Å²) in [5.41, 5.74) is 2.08. The molecule has 0 unspecified atom stereocenters. The average Bonchev–Trinajstić information content (AvgIpc) is 2.86. The summed E-state index contributed by atoms with van der Waals surface area (Å²) >= 11 is 7.33. The molecule has 1 rings (SSSR count). The minimum Gasteiger partial charge on any atom is -0.480 e. The zero-order chi connectivity index (χ0) is 21.2. The number of halogens is 1. The molecule has 156 valence electrons. The van der Waals surface area contributed by atoms with Gasteiger partial charge in [-0.1, -0.05) is 0 Å². The van der Waals surface area contributed by atoms with Gasteiger partial charge in [0.2, 0.25) is 5.91 Å². The first-order valence-electron chi connectivity index (χ1n) is 7.83. The van der Waals surface area contributed by atoms with E-state index in [1.54, 1.807) is 23.3 Å². The van der Waals surface area contributed by atoms with E-state index in [-0.39, 0.29) is 17.8 Å². The number of nitrogens with zero attached hydrogens (tertiary/aromatic N) is 1. The molecule has 4 N–H and O–H groups in total. The molecule has 0 saturated carbocycles. The van der Waals surface area contributed by atoms with Crippen LogP contribution in [-0.2, 0) is 18.9 Å². The zero-order valence-electron chi connectivity index (χ0n) is 15.6. The Balaban J connectivity index is 0.000000580. The number of hydrogen-bond donors (Lipinski definition) is 4. The fourth-order valence-corrected chi connectivity index (χ4v) is 3.57. The van der Waals surface area contributed by atoms with Gasteiger partial charge < -0.3 is 24.5 Å². The van der Waals surface area contributed by atoms with Crippen LogP contribution in [0, 0.1) is 13.8 Å². The first-order valence-corrected chi connectivity index (χ1v) is 11.0. The summed E-state index contributed by atoms with van der Waals surface area (Å²) in [7, 11) is -2.46. The standard InChI is InChI=1S/C12H18ClNO2S.C3H8NO5P/c1-8-7-17-10(3)12(8)14(11(15)5-13)9(2)6-16-4;5-3(6)1-4-2-10(7,8)9/h7,9H,5-6H2,1-4H3;4H,1-2H2,(H,5,6)(H2,7,8,9)/t9-;/m0./s1. The number of aryl methyl sites for hydroxylation is 2. The molecule has 1 aromatic rings. The van der Waals surface area contributed by atoms with Gasteiger partial charge in [0.25, 0.3) is 0 Å². The van der Waals surface area contributed by atoms with Crippen molar-refractivity contribution in [1.29, 1.82) is 0 Å². The number of nitrogens with one attached hydrogen (secondary N) is 1. The van der Waals surface area contributed by atoms with Gasteiger partial charge >= 0.3 is 13.6 Å². The zero-order valence-corrected chi connectivity index (χ0v) is 18.1. The number of amides is 1. The number of hydrogen-bond acceptors (Lipinski definition) is 6. The van der Waals surface area contributed by atoms with E-state index in [1.807, 2.05) is 20.8 Å². The van der Waals surface area contributed by atoms with E-state index < -0.39 is 26.4 Å². The number of rotatable bonds is 9. The summed E-state index contributed by atoms with van der Waals surface area (Å²) in [4.78, 5) is 41.0. The maximum Gasteiger partial charge on any atom is 0.339 e. The third-order valence-electron chi connectivity index (χ3n) is 3.19. The fraction of sp³-hybridized carbons (Fsp3) is 0.600. The largest absolute Gasteiger partial charge is 0.480 e. The fourth-order valence-electron chi connectivity index (χ4n) is 2.21. The number of carbonyl (C=O) groups is 2. The Kier molecular flexibility index (Phi) is 12.0. The van der Waals surface area contributed by atoms with Crippen molar-refractivity contribution in [3.63, 3.8) is 0 Å². The Bertz CT molecular complexity index is 645. The molecule has 0 aliphatic carbocycles. The number of anilines is 1.